The molecule has 0 fully saturated rings. The third kappa shape index (κ3) is 4.90. The second-order valence-electron chi connectivity index (χ2n) is 6.61. The zero-order valence-corrected chi connectivity index (χ0v) is 18.2. The van der Waals surface area contributed by atoms with Crippen molar-refractivity contribution in [2.24, 2.45) is 5.10 Å². The fourth-order valence-corrected chi connectivity index (χ4v) is 3.47. The normalized spacial score (nSPS) is 10.9. The molecule has 4 aromatic rings. The minimum Gasteiger partial charge on any atom is -0.504 e. The van der Waals surface area contributed by atoms with Crippen molar-refractivity contribution in [1.29, 1.82) is 0 Å². The molecule has 0 radical (unpaired) electrons. The lowest BCUT2D eigenvalue weighted by molar-refractivity contribution is 0.373. The second kappa shape index (κ2) is 9.40. The fourth-order valence-electron chi connectivity index (χ4n) is 3.02. The first-order valence-electron chi connectivity index (χ1n) is 9.49. The summed E-state index contributed by atoms with van der Waals surface area (Å²) in [5.74, 6) is 0.697. The molecule has 7 heteroatoms. The number of aromatic hydroxyl groups is 1. The van der Waals surface area contributed by atoms with Gasteiger partial charge in [-0.05, 0) is 18.2 Å². The minimum absolute atomic E-state index is 0.000166. The lowest BCUT2D eigenvalue weighted by atomic mass is 10.1. The maximum Gasteiger partial charge on any atom is 0.244 e. The Morgan fingerprint density at radius 1 is 0.903 bits per heavy atom. The number of rotatable bonds is 6. The van der Waals surface area contributed by atoms with E-state index in [4.69, 9.17) is 4.74 Å². The number of aromatic nitrogens is 2. The average molecular weight is 475 g/mol. The molecule has 0 unspecified atom stereocenters. The molecule has 2 N–H and O–H groups in total. The number of nitrogens with zero attached hydrogens (tertiary/aromatic N) is 3. The third-order valence-electron chi connectivity index (χ3n) is 4.52. The van der Waals surface area contributed by atoms with E-state index in [2.05, 4.69) is 36.4 Å². The molecule has 0 amide bonds. The molecule has 6 nitrogen and oxygen atoms in total. The average Bonchev–Trinajstić information content (AvgIpc) is 2.82. The Hall–Kier alpha value is -3.71. The number of hydrogen-bond donors (Lipinski definition) is 2. The van der Waals surface area contributed by atoms with Crippen LogP contribution in [0.5, 0.6) is 11.5 Å². The largest absolute Gasteiger partial charge is 0.504 e. The Kier molecular flexibility index (Phi) is 6.24. The van der Waals surface area contributed by atoms with Gasteiger partial charge in [-0.25, -0.2) is 15.4 Å². The molecule has 0 atom stereocenters. The van der Waals surface area contributed by atoms with E-state index in [9.17, 15) is 5.11 Å². The topological polar surface area (TPSA) is 79.6 Å². The van der Waals surface area contributed by atoms with Crippen LogP contribution in [0.25, 0.3) is 22.5 Å². The standard InChI is InChI=1S/C24H19BrN4O2/c1-31-22-13-19(25)12-18(23(22)30)15-26-29-24-27-20(16-8-4-2-5-9-16)14-21(28-24)17-10-6-3-7-11-17/h2-15,30H,1H3,(H,27,28,29)/b26-15-. The van der Waals surface area contributed by atoms with Crippen LogP contribution in [0, 0.1) is 0 Å². The van der Waals surface area contributed by atoms with Gasteiger partial charge in [0.05, 0.1) is 24.7 Å². The lowest BCUT2D eigenvalue weighted by Gasteiger charge is -2.09. The zero-order valence-electron chi connectivity index (χ0n) is 16.7. The van der Waals surface area contributed by atoms with Crippen molar-refractivity contribution < 1.29 is 9.84 Å². The first-order valence-corrected chi connectivity index (χ1v) is 10.3. The molecule has 0 aliphatic heterocycles. The molecule has 0 saturated carbocycles. The minimum atomic E-state index is 0.000166. The van der Waals surface area contributed by atoms with Gasteiger partial charge in [-0.2, -0.15) is 5.10 Å². The number of hydrogen-bond acceptors (Lipinski definition) is 6. The molecule has 0 spiro atoms. The van der Waals surface area contributed by atoms with Gasteiger partial charge in [-0.15, -0.1) is 0 Å². The number of hydrazone groups is 1. The molecule has 1 aromatic heterocycles. The van der Waals surface area contributed by atoms with Crippen molar-refractivity contribution in [2.45, 2.75) is 0 Å². The van der Waals surface area contributed by atoms with Crippen molar-refractivity contribution in [3.8, 4) is 34.0 Å². The summed E-state index contributed by atoms with van der Waals surface area (Å²) >= 11 is 3.40. The number of ether oxygens (including phenoxy) is 1. The Bertz CT molecular complexity index is 1160. The van der Waals surface area contributed by atoms with E-state index < -0.39 is 0 Å². The molecule has 0 saturated heterocycles. The van der Waals surface area contributed by atoms with E-state index in [-0.39, 0.29) is 5.75 Å². The van der Waals surface area contributed by atoms with Gasteiger partial charge in [0.1, 0.15) is 0 Å². The Morgan fingerprint density at radius 2 is 1.48 bits per heavy atom. The third-order valence-corrected chi connectivity index (χ3v) is 4.98. The van der Waals surface area contributed by atoms with Gasteiger partial charge in [0.15, 0.2) is 11.5 Å². The monoisotopic (exact) mass is 474 g/mol. The predicted molar refractivity (Wildman–Crippen MR) is 126 cm³/mol. The van der Waals surface area contributed by atoms with E-state index in [0.717, 1.165) is 27.0 Å². The SMILES string of the molecule is COc1cc(Br)cc(/C=N\Nc2nc(-c3ccccc3)cc(-c3ccccc3)n2)c1O. The van der Waals surface area contributed by atoms with Gasteiger partial charge in [0.25, 0.3) is 0 Å². The summed E-state index contributed by atoms with van der Waals surface area (Å²) in [6.45, 7) is 0. The maximum atomic E-state index is 10.3. The Balaban J connectivity index is 1.68. The van der Waals surface area contributed by atoms with Crippen molar-refractivity contribution in [3.63, 3.8) is 0 Å². The van der Waals surface area contributed by atoms with Gasteiger partial charge in [0.2, 0.25) is 5.95 Å². The first kappa shape index (κ1) is 20.6. The van der Waals surface area contributed by atoms with Crippen LogP contribution in [0.4, 0.5) is 5.95 Å². The number of phenolic OH excluding ortho intramolecular Hbond substituents is 1. The molecule has 1 heterocycles. The highest BCUT2D eigenvalue weighted by atomic mass is 79.9. The summed E-state index contributed by atoms with van der Waals surface area (Å²) < 4.78 is 5.94. The van der Waals surface area contributed by atoms with Crippen LogP contribution in [0.2, 0.25) is 0 Å². The van der Waals surface area contributed by atoms with Crippen LogP contribution in [0.3, 0.4) is 0 Å². The molecule has 3 aromatic carbocycles. The number of methoxy groups -OCH3 is 1. The van der Waals surface area contributed by atoms with E-state index in [1.807, 2.05) is 66.7 Å². The van der Waals surface area contributed by atoms with Gasteiger partial charge >= 0.3 is 0 Å². The molecule has 154 valence electrons. The van der Waals surface area contributed by atoms with Gasteiger partial charge in [0, 0.05) is 21.2 Å². The van der Waals surface area contributed by atoms with E-state index in [1.165, 1.54) is 13.3 Å². The van der Waals surface area contributed by atoms with Crippen LogP contribution in [-0.2, 0) is 0 Å². The summed E-state index contributed by atoms with van der Waals surface area (Å²) in [5.41, 5.74) is 6.87. The molecule has 0 bridgehead atoms. The number of anilines is 1. The smallest absolute Gasteiger partial charge is 0.244 e. The Morgan fingerprint density at radius 3 is 2.03 bits per heavy atom. The van der Waals surface area contributed by atoms with Crippen molar-refractivity contribution >= 4 is 28.1 Å². The predicted octanol–water partition coefficient (Wildman–Crippen LogP) is 5.73. The molecule has 0 aliphatic rings. The van der Waals surface area contributed by atoms with Gasteiger partial charge in [-0.1, -0.05) is 76.6 Å². The lowest BCUT2D eigenvalue weighted by Crippen LogP contribution is -2.00. The van der Waals surface area contributed by atoms with Gasteiger partial charge in [-0.3, -0.25) is 0 Å². The highest BCUT2D eigenvalue weighted by Gasteiger charge is 2.10. The van der Waals surface area contributed by atoms with Crippen LogP contribution in [0.15, 0.2) is 88.4 Å². The van der Waals surface area contributed by atoms with E-state index >= 15 is 0 Å². The zero-order chi connectivity index (χ0) is 21.6. The van der Waals surface area contributed by atoms with Crippen LogP contribution in [0.1, 0.15) is 5.56 Å². The van der Waals surface area contributed by atoms with Crippen LogP contribution < -0.4 is 10.2 Å². The number of benzene rings is 3. The molecular formula is C24H19BrN4O2. The summed E-state index contributed by atoms with van der Waals surface area (Å²) in [6, 6.07) is 25.1. The fraction of sp³-hybridized carbons (Fsp3) is 0.0417. The van der Waals surface area contributed by atoms with Crippen molar-refractivity contribution in [3.05, 3.63) is 88.9 Å². The number of halogens is 1. The summed E-state index contributed by atoms with van der Waals surface area (Å²) in [7, 11) is 1.49. The first-order chi connectivity index (χ1) is 15.1. The van der Waals surface area contributed by atoms with Crippen LogP contribution in [-0.4, -0.2) is 28.4 Å². The maximum absolute atomic E-state index is 10.3. The molecular weight excluding hydrogens is 456 g/mol. The van der Waals surface area contributed by atoms with E-state index in [0.29, 0.717) is 17.3 Å². The molecule has 0 aliphatic carbocycles. The second-order valence-corrected chi connectivity index (χ2v) is 7.53. The Labute approximate surface area is 188 Å². The highest BCUT2D eigenvalue weighted by molar-refractivity contribution is 9.10. The molecule has 4 rings (SSSR count). The summed E-state index contributed by atoms with van der Waals surface area (Å²) in [6.07, 6.45) is 1.49. The molecule has 31 heavy (non-hydrogen) atoms. The summed E-state index contributed by atoms with van der Waals surface area (Å²) in [4.78, 5) is 9.20. The number of phenols is 1. The van der Waals surface area contributed by atoms with E-state index in [1.54, 1.807) is 12.1 Å². The van der Waals surface area contributed by atoms with Crippen molar-refractivity contribution in [1.82, 2.24) is 9.97 Å². The van der Waals surface area contributed by atoms with Crippen LogP contribution >= 0.6 is 15.9 Å². The van der Waals surface area contributed by atoms with Gasteiger partial charge < -0.3 is 9.84 Å². The quantitative estimate of drug-likeness (QED) is 0.275. The summed E-state index contributed by atoms with van der Waals surface area (Å²) in [5, 5.41) is 14.5. The number of nitrogens with one attached hydrogen (secondary N) is 1. The highest BCUT2D eigenvalue weighted by Crippen LogP contribution is 2.32. The van der Waals surface area contributed by atoms with Crippen molar-refractivity contribution in [2.75, 3.05) is 12.5 Å².